The van der Waals surface area contributed by atoms with E-state index in [1.807, 2.05) is 31.2 Å². The van der Waals surface area contributed by atoms with Crippen LogP contribution in [0.2, 0.25) is 0 Å². The molecule has 2 amide bonds. The quantitative estimate of drug-likeness (QED) is 0.850. The minimum atomic E-state index is -0.412. The lowest BCUT2D eigenvalue weighted by Gasteiger charge is -2.20. The number of fused-ring (bicyclic) bond motifs is 3. The highest BCUT2D eigenvalue weighted by molar-refractivity contribution is 5.99. The first kappa shape index (κ1) is 15.2. The van der Waals surface area contributed by atoms with E-state index in [0.29, 0.717) is 23.8 Å². The van der Waals surface area contributed by atoms with Crippen molar-refractivity contribution < 1.29 is 14.0 Å². The van der Waals surface area contributed by atoms with Crippen LogP contribution in [0.5, 0.6) is 0 Å². The van der Waals surface area contributed by atoms with Gasteiger partial charge in [-0.25, -0.2) is 0 Å². The van der Waals surface area contributed by atoms with Gasteiger partial charge in [0.1, 0.15) is 5.58 Å². The Morgan fingerprint density at radius 2 is 2.00 bits per heavy atom. The average molecular weight is 326 g/mol. The summed E-state index contributed by atoms with van der Waals surface area (Å²) in [6.45, 7) is 1.85. The maximum absolute atomic E-state index is 12.3. The fourth-order valence-electron chi connectivity index (χ4n) is 4.49. The van der Waals surface area contributed by atoms with Crippen LogP contribution in [0, 0.1) is 24.7 Å². The van der Waals surface area contributed by atoms with Crippen molar-refractivity contribution in [3.63, 3.8) is 0 Å². The minimum Gasteiger partial charge on any atom is -0.451 e. The van der Waals surface area contributed by atoms with E-state index in [0.717, 1.165) is 23.3 Å². The number of amides is 2. The molecule has 2 saturated carbocycles. The van der Waals surface area contributed by atoms with Crippen LogP contribution in [0.1, 0.15) is 48.2 Å². The molecule has 1 heterocycles. The first-order valence-electron chi connectivity index (χ1n) is 8.69. The molecule has 24 heavy (non-hydrogen) atoms. The lowest BCUT2D eigenvalue weighted by Crippen LogP contribution is -2.42. The molecule has 0 aliphatic heterocycles. The van der Waals surface area contributed by atoms with Gasteiger partial charge in [0, 0.05) is 17.4 Å². The Morgan fingerprint density at radius 1 is 1.17 bits per heavy atom. The van der Waals surface area contributed by atoms with Crippen LogP contribution in [0.3, 0.4) is 0 Å². The van der Waals surface area contributed by atoms with Crippen LogP contribution in [0.4, 0.5) is 0 Å². The number of hydrogen-bond acceptors (Lipinski definition) is 3. The number of nitrogens with one attached hydrogen (secondary N) is 2. The molecule has 5 nitrogen and oxygen atoms in total. The average Bonchev–Trinajstić information content (AvgIpc) is 3.28. The van der Waals surface area contributed by atoms with Crippen molar-refractivity contribution in [2.24, 2.45) is 17.8 Å². The monoisotopic (exact) mass is 326 g/mol. The molecule has 2 aliphatic carbocycles. The lowest BCUT2D eigenvalue weighted by molar-refractivity contribution is -0.123. The number of rotatable bonds is 3. The Morgan fingerprint density at radius 3 is 2.71 bits per heavy atom. The van der Waals surface area contributed by atoms with E-state index in [1.165, 1.54) is 19.3 Å². The lowest BCUT2D eigenvalue weighted by atomic mass is 9.86. The van der Waals surface area contributed by atoms with Gasteiger partial charge in [0.15, 0.2) is 5.76 Å². The van der Waals surface area contributed by atoms with E-state index in [4.69, 9.17) is 4.42 Å². The molecule has 0 unspecified atom stereocenters. The second kappa shape index (κ2) is 5.96. The van der Waals surface area contributed by atoms with Gasteiger partial charge < -0.3 is 4.42 Å². The number of aryl methyl sites for hydroxylation is 1. The van der Waals surface area contributed by atoms with Gasteiger partial charge >= 0.3 is 5.91 Å². The van der Waals surface area contributed by atoms with E-state index in [-0.39, 0.29) is 11.7 Å². The molecule has 0 saturated heterocycles. The zero-order valence-corrected chi connectivity index (χ0v) is 13.8. The van der Waals surface area contributed by atoms with E-state index in [2.05, 4.69) is 10.9 Å². The van der Waals surface area contributed by atoms with Crippen molar-refractivity contribution >= 4 is 22.8 Å². The number of carbonyl (C=O) groups is 2. The molecule has 1 aromatic heterocycles. The van der Waals surface area contributed by atoms with E-state index in [9.17, 15) is 9.59 Å². The molecule has 3 atom stereocenters. The smallest absolute Gasteiger partial charge is 0.305 e. The topological polar surface area (TPSA) is 71.3 Å². The summed E-state index contributed by atoms with van der Waals surface area (Å²) >= 11 is 0. The number of benzene rings is 1. The summed E-state index contributed by atoms with van der Waals surface area (Å²) in [4.78, 5) is 24.4. The van der Waals surface area contributed by atoms with Crippen molar-refractivity contribution in [1.29, 1.82) is 0 Å². The van der Waals surface area contributed by atoms with Gasteiger partial charge in [0.05, 0.1) is 0 Å². The number of hydrazine groups is 1. The molecule has 2 N–H and O–H groups in total. The van der Waals surface area contributed by atoms with Crippen molar-refractivity contribution in [3.05, 3.63) is 35.6 Å². The normalized spacial score (nSPS) is 25.1. The summed E-state index contributed by atoms with van der Waals surface area (Å²) in [6, 6.07) is 7.51. The maximum atomic E-state index is 12.3. The summed E-state index contributed by atoms with van der Waals surface area (Å²) in [5.74, 6) is 1.72. The molecule has 2 aliphatic rings. The van der Waals surface area contributed by atoms with Crippen molar-refractivity contribution in [2.75, 3.05) is 0 Å². The molecular formula is C19H22N2O3. The van der Waals surface area contributed by atoms with Crippen molar-refractivity contribution in [3.8, 4) is 0 Å². The predicted molar refractivity (Wildman–Crippen MR) is 90.1 cm³/mol. The summed E-state index contributed by atoms with van der Waals surface area (Å²) in [6.07, 6.45) is 5.52. The molecule has 2 aromatic rings. The SMILES string of the molecule is Cc1c(C(=O)NNC(=O)C[C@H]2C[C@@H]3CC[C@@H]2C3)oc2ccccc12. The maximum Gasteiger partial charge on any atom is 0.305 e. The third-order valence-electron chi connectivity index (χ3n) is 5.70. The molecule has 2 bridgehead atoms. The second-order valence-electron chi connectivity index (χ2n) is 7.19. The van der Waals surface area contributed by atoms with E-state index in [1.54, 1.807) is 0 Å². The molecule has 0 radical (unpaired) electrons. The Kier molecular flexibility index (Phi) is 3.79. The zero-order chi connectivity index (χ0) is 16.7. The molecule has 5 heteroatoms. The first-order valence-corrected chi connectivity index (χ1v) is 8.69. The van der Waals surface area contributed by atoms with Gasteiger partial charge in [-0.05, 0) is 50.0 Å². The van der Waals surface area contributed by atoms with Crippen LogP contribution in [-0.2, 0) is 4.79 Å². The standard InChI is InChI=1S/C19H22N2O3/c1-11-15-4-2-3-5-16(15)24-18(11)19(23)21-20-17(22)10-14-9-12-6-7-13(14)8-12/h2-5,12-14H,6-10H2,1H3,(H,20,22)(H,21,23)/t12-,13-,14-/m1/s1. The third kappa shape index (κ3) is 2.68. The number of para-hydroxylation sites is 1. The van der Waals surface area contributed by atoms with Crippen molar-refractivity contribution in [2.45, 2.75) is 39.0 Å². The van der Waals surface area contributed by atoms with Gasteiger partial charge in [-0.2, -0.15) is 0 Å². The van der Waals surface area contributed by atoms with Crippen molar-refractivity contribution in [1.82, 2.24) is 10.9 Å². The van der Waals surface area contributed by atoms with E-state index >= 15 is 0 Å². The Balaban J connectivity index is 1.35. The van der Waals surface area contributed by atoms with Crippen LogP contribution in [0.15, 0.2) is 28.7 Å². The second-order valence-corrected chi connectivity index (χ2v) is 7.19. The van der Waals surface area contributed by atoms with Crippen LogP contribution < -0.4 is 10.9 Å². The molecular weight excluding hydrogens is 304 g/mol. The highest BCUT2D eigenvalue weighted by Gasteiger charge is 2.40. The molecule has 126 valence electrons. The minimum absolute atomic E-state index is 0.116. The Hall–Kier alpha value is -2.30. The van der Waals surface area contributed by atoms with Gasteiger partial charge in [0.2, 0.25) is 5.91 Å². The largest absolute Gasteiger partial charge is 0.451 e. The third-order valence-corrected chi connectivity index (χ3v) is 5.70. The highest BCUT2D eigenvalue weighted by Crippen LogP contribution is 2.49. The van der Waals surface area contributed by atoms with Gasteiger partial charge in [-0.3, -0.25) is 20.4 Å². The molecule has 4 rings (SSSR count). The predicted octanol–water partition coefficient (Wildman–Crippen LogP) is 3.33. The summed E-state index contributed by atoms with van der Waals surface area (Å²) in [5, 5.41) is 0.913. The summed E-state index contributed by atoms with van der Waals surface area (Å²) in [5.41, 5.74) is 6.48. The summed E-state index contributed by atoms with van der Waals surface area (Å²) < 4.78 is 5.60. The van der Waals surface area contributed by atoms with Gasteiger partial charge in [-0.15, -0.1) is 0 Å². The van der Waals surface area contributed by atoms with Crippen LogP contribution >= 0.6 is 0 Å². The highest BCUT2D eigenvalue weighted by atomic mass is 16.3. The summed E-state index contributed by atoms with van der Waals surface area (Å²) in [7, 11) is 0. The fourth-order valence-corrected chi connectivity index (χ4v) is 4.49. The van der Waals surface area contributed by atoms with Crippen LogP contribution in [0.25, 0.3) is 11.0 Å². The zero-order valence-electron chi connectivity index (χ0n) is 13.8. The molecule has 0 spiro atoms. The Labute approximate surface area is 140 Å². The van der Waals surface area contributed by atoms with Gasteiger partial charge in [-0.1, -0.05) is 24.6 Å². The molecule has 1 aromatic carbocycles. The number of carbonyl (C=O) groups excluding carboxylic acids is 2. The van der Waals surface area contributed by atoms with Gasteiger partial charge in [0.25, 0.3) is 0 Å². The van der Waals surface area contributed by atoms with Crippen LogP contribution in [-0.4, -0.2) is 11.8 Å². The van der Waals surface area contributed by atoms with E-state index < -0.39 is 5.91 Å². The number of furan rings is 1. The first-order chi connectivity index (χ1) is 11.6. The Bertz CT molecular complexity index is 795. The number of hydrogen-bond donors (Lipinski definition) is 2. The fraction of sp³-hybridized carbons (Fsp3) is 0.474. The molecule has 2 fully saturated rings.